The highest BCUT2D eigenvalue weighted by Crippen LogP contribution is 2.65. The van der Waals surface area contributed by atoms with Gasteiger partial charge < -0.3 is 9.84 Å². The third-order valence-corrected chi connectivity index (χ3v) is 11.4. The maximum atomic E-state index is 14.1. The number of imide groups is 2. The number of aromatic hydroxyl groups is 1. The number of nitrogens with zero attached hydrogens (tertiary/aromatic N) is 3. The Balaban J connectivity index is 1.35. The highest BCUT2D eigenvalue weighted by atomic mass is 79.9. The zero-order valence-electron chi connectivity index (χ0n) is 22.6. The molecule has 0 bridgehead atoms. The Morgan fingerprint density at radius 1 is 1.07 bits per heavy atom. The van der Waals surface area contributed by atoms with Gasteiger partial charge >= 0.3 is 0 Å². The zero-order valence-corrected chi connectivity index (χ0v) is 25.7. The molecular weight excluding hydrogens is 681 g/mol. The van der Waals surface area contributed by atoms with Crippen LogP contribution in [0.4, 0.5) is 11.4 Å². The van der Waals surface area contributed by atoms with Crippen LogP contribution in [0, 0.1) is 33.8 Å². The number of amides is 4. The second-order valence-corrected chi connectivity index (χ2v) is 13.3. The van der Waals surface area contributed by atoms with Crippen molar-refractivity contribution in [3.63, 3.8) is 0 Å². The van der Waals surface area contributed by atoms with Crippen LogP contribution in [0.1, 0.15) is 18.4 Å². The minimum atomic E-state index is -1.98. The van der Waals surface area contributed by atoms with Gasteiger partial charge in [0.1, 0.15) is 11.5 Å². The maximum absolute atomic E-state index is 14.1. The number of anilines is 1. The summed E-state index contributed by atoms with van der Waals surface area (Å²) in [7, 11) is 0. The van der Waals surface area contributed by atoms with E-state index in [9.17, 15) is 34.4 Å². The fourth-order valence-electron chi connectivity index (χ4n) is 7.56. The number of benzene rings is 2. The number of ether oxygens (including phenoxy) is 1. The maximum Gasteiger partial charge on any atom is 0.271 e. The fraction of sp³-hybridized carbons (Fsp3) is 0.333. The van der Waals surface area contributed by atoms with E-state index >= 15 is 0 Å². The first-order valence-electron chi connectivity index (χ1n) is 13.7. The van der Waals surface area contributed by atoms with Crippen LogP contribution in [0.2, 0.25) is 0 Å². The lowest BCUT2D eigenvalue weighted by atomic mass is 9.56. The van der Waals surface area contributed by atoms with Crippen LogP contribution in [-0.4, -0.2) is 53.8 Å². The van der Waals surface area contributed by atoms with Gasteiger partial charge in [0, 0.05) is 30.0 Å². The summed E-state index contributed by atoms with van der Waals surface area (Å²) in [5.41, 5.74) is 1.37. The largest absolute Gasteiger partial charge is 0.508 e. The summed E-state index contributed by atoms with van der Waals surface area (Å²) >= 11 is 17.7. The Hall–Kier alpha value is -3.74. The van der Waals surface area contributed by atoms with Crippen molar-refractivity contribution in [2.24, 2.45) is 23.7 Å². The summed E-state index contributed by atoms with van der Waals surface area (Å²) in [6, 6.07) is 9.90. The van der Waals surface area contributed by atoms with Crippen molar-refractivity contribution < 1.29 is 33.9 Å². The number of non-ortho nitro benzene ring substituents is 1. The molecule has 1 saturated carbocycles. The van der Waals surface area contributed by atoms with Crippen molar-refractivity contribution >= 4 is 74.1 Å². The van der Waals surface area contributed by atoms with Crippen LogP contribution in [0.5, 0.6) is 11.5 Å². The second-order valence-electron chi connectivity index (χ2n) is 11.6. The predicted octanol–water partition coefficient (Wildman–Crippen LogP) is 4.57. The van der Waals surface area contributed by atoms with Crippen LogP contribution in [-0.2, 0) is 25.6 Å². The van der Waals surface area contributed by atoms with Gasteiger partial charge in [-0.1, -0.05) is 33.6 Å². The van der Waals surface area contributed by atoms with E-state index in [1.807, 2.05) is 0 Å². The van der Waals surface area contributed by atoms with Crippen molar-refractivity contribution in [2.75, 3.05) is 10.4 Å². The van der Waals surface area contributed by atoms with Gasteiger partial charge in [0.15, 0.2) is 9.75 Å². The average molecular weight is 703 g/mol. The molecule has 6 unspecified atom stereocenters. The van der Waals surface area contributed by atoms with E-state index in [2.05, 4.69) is 15.9 Å². The number of hydrogen-bond donors (Lipinski definition) is 1. The van der Waals surface area contributed by atoms with Crippen molar-refractivity contribution in [1.29, 1.82) is 0 Å². The molecule has 3 heterocycles. The molecule has 0 radical (unpaired) electrons. The van der Waals surface area contributed by atoms with E-state index in [4.69, 9.17) is 27.9 Å². The molecule has 11 nitrogen and oxygen atoms in total. The molecule has 2 saturated heterocycles. The van der Waals surface area contributed by atoms with E-state index in [1.54, 1.807) is 12.1 Å². The Morgan fingerprint density at radius 3 is 2.57 bits per heavy atom. The van der Waals surface area contributed by atoms with Crippen molar-refractivity contribution in [3.8, 4) is 11.5 Å². The fourth-order valence-corrected chi connectivity index (χ4v) is 9.00. The minimum Gasteiger partial charge on any atom is -0.508 e. The van der Waals surface area contributed by atoms with Crippen LogP contribution < -0.4 is 9.64 Å². The first-order chi connectivity index (χ1) is 20.9. The predicted molar refractivity (Wildman–Crippen MR) is 160 cm³/mol. The molecule has 6 atom stereocenters. The number of phenolic OH excluding ortho intramolecular Hbond substituents is 1. The number of nitro benzene ring substituents is 1. The standard InChI is InChI=1S/C30H22BrCl2N3O8/c31-13-34-27(40)29(32)11-21-19(24(30(29,33)28(34)41)15-8-14-9-18(37)4-7-22(14)44-12-15)5-6-20-23(21)26(39)35(25(20)38)16-2-1-3-17(10-16)36(42)43/h1-5,7,9-10,12,20-21,23-24,37H,6,8,11,13H2. The van der Waals surface area contributed by atoms with Gasteiger partial charge in [0.2, 0.25) is 11.8 Å². The summed E-state index contributed by atoms with van der Waals surface area (Å²) in [6.07, 6.45) is 3.42. The second kappa shape index (κ2) is 9.88. The first-order valence-corrected chi connectivity index (χ1v) is 15.6. The quantitative estimate of drug-likeness (QED) is 0.122. The lowest BCUT2D eigenvalue weighted by Crippen LogP contribution is -2.61. The number of alkyl halides is 3. The molecule has 3 aliphatic heterocycles. The van der Waals surface area contributed by atoms with Crippen molar-refractivity contribution in [2.45, 2.75) is 29.0 Å². The van der Waals surface area contributed by atoms with Crippen molar-refractivity contribution in [3.05, 3.63) is 81.6 Å². The van der Waals surface area contributed by atoms with E-state index in [-0.39, 0.29) is 41.8 Å². The van der Waals surface area contributed by atoms with Crippen LogP contribution in [0.15, 0.2) is 65.9 Å². The topological polar surface area (TPSA) is 147 Å². The average Bonchev–Trinajstić information content (AvgIpc) is 3.34. The monoisotopic (exact) mass is 701 g/mol. The number of fused-ring (bicyclic) bond motifs is 5. The number of halogens is 3. The number of phenols is 1. The number of carbonyl (C=O) groups excluding carboxylic acids is 4. The molecule has 44 heavy (non-hydrogen) atoms. The highest BCUT2D eigenvalue weighted by Gasteiger charge is 2.76. The molecule has 226 valence electrons. The first kappa shape index (κ1) is 29.0. The van der Waals surface area contributed by atoms with E-state index in [0.29, 0.717) is 22.5 Å². The number of nitro groups is 1. The molecule has 14 heteroatoms. The number of hydrogen-bond acceptors (Lipinski definition) is 8. The van der Waals surface area contributed by atoms with Gasteiger partial charge in [-0.3, -0.25) is 34.2 Å². The van der Waals surface area contributed by atoms with Gasteiger partial charge in [-0.2, -0.15) is 0 Å². The molecular formula is C30H22BrCl2N3O8. The third-order valence-electron chi connectivity index (χ3n) is 9.46. The molecule has 2 aromatic carbocycles. The Morgan fingerprint density at radius 2 is 1.84 bits per heavy atom. The van der Waals surface area contributed by atoms with Gasteiger partial charge in [-0.05, 0) is 48.6 Å². The normalized spacial score (nSPS) is 32.3. The Bertz CT molecular complexity index is 1780. The van der Waals surface area contributed by atoms with Crippen LogP contribution in [0.3, 0.4) is 0 Å². The number of allylic oxidation sites excluding steroid dienone is 3. The summed E-state index contributed by atoms with van der Waals surface area (Å²) in [5.74, 6) is -5.52. The van der Waals surface area contributed by atoms with Gasteiger partial charge in [-0.15, -0.1) is 23.2 Å². The SMILES string of the molecule is O=C1C2CC=C3C(CC4(Cl)C(=O)N(CBr)C(=O)C4(Cl)C3C3=COc4ccc(O)cc4C3)C2C(=O)N1c1cccc([N+](=O)[O-])c1. The molecule has 3 fully saturated rings. The number of rotatable bonds is 4. The van der Waals surface area contributed by atoms with Gasteiger partial charge in [0.25, 0.3) is 17.5 Å². The molecule has 2 aromatic rings. The van der Waals surface area contributed by atoms with E-state index < -0.39 is 62.0 Å². The van der Waals surface area contributed by atoms with Gasteiger partial charge in [-0.25, -0.2) is 4.90 Å². The third kappa shape index (κ3) is 3.73. The molecule has 7 rings (SSSR count). The summed E-state index contributed by atoms with van der Waals surface area (Å²) in [5, 5.41) is 21.5. The molecule has 0 aromatic heterocycles. The zero-order chi connectivity index (χ0) is 31.3. The Labute approximate surface area is 268 Å². The molecule has 4 amide bonds. The summed E-state index contributed by atoms with van der Waals surface area (Å²) in [4.78, 5) is 64.3. The molecule has 1 N–H and O–H groups in total. The van der Waals surface area contributed by atoms with Crippen LogP contribution in [0.25, 0.3) is 0 Å². The number of carbonyl (C=O) groups is 4. The molecule has 0 spiro atoms. The molecule has 2 aliphatic carbocycles. The highest BCUT2D eigenvalue weighted by molar-refractivity contribution is 9.09. The minimum absolute atomic E-state index is 0.0102. The smallest absolute Gasteiger partial charge is 0.271 e. The van der Waals surface area contributed by atoms with Gasteiger partial charge in [0.05, 0.1) is 34.2 Å². The summed E-state index contributed by atoms with van der Waals surface area (Å²) < 4.78 is 5.89. The van der Waals surface area contributed by atoms with E-state index in [1.165, 1.54) is 42.7 Å². The van der Waals surface area contributed by atoms with E-state index in [0.717, 1.165) is 9.80 Å². The Kier molecular flexibility index (Phi) is 6.51. The lowest BCUT2D eigenvalue weighted by Gasteiger charge is -2.51. The van der Waals surface area contributed by atoms with Crippen molar-refractivity contribution in [1.82, 2.24) is 4.90 Å². The lowest BCUT2D eigenvalue weighted by molar-refractivity contribution is -0.384. The number of likely N-dealkylation sites (tertiary alicyclic amines) is 1. The van der Waals surface area contributed by atoms with Crippen LogP contribution >= 0.6 is 39.1 Å². The summed E-state index contributed by atoms with van der Waals surface area (Å²) in [6.45, 7) is 0. The molecule has 5 aliphatic rings.